The molecule has 38 heavy (non-hydrogen) atoms. The molecule has 1 unspecified atom stereocenters. The van der Waals surface area contributed by atoms with Crippen LogP contribution in [0, 0.1) is 12.7 Å². The molecule has 1 atom stereocenters. The molecule has 0 saturated carbocycles. The third kappa shape index (κ3) is 5.47. The average molecular weight is 552 g/mol. The molecule has 3 aromatic heterocycles. The van der Waals surface area contributed by atoms with Crippen LogP contribution < -0.4 is 22.2 Å². The first-order valence-electron chi connectivity index (χ1n) is 11.4. The zero-order valence-corrected chi connectivity index (χ0v) is 20.9. The van der Waals surface area contributed by atoms with Crippen LogP contribution in [-0.4, -0.2) is 30.8 Å². The third-order valence-electron chi connectivity index (χ3n) is 5.93. The number of aromatic nitrogens is 5. The predicted molar refractivity (Wildman–Crippen MR) is 136 cm³/mol. The summed E-state index contributed by atoms with van der Waals surface area (Å²) in [5.74, 6) is -0.658. The van der Waals surface area contributed by atoms with E-state index >= 15 is 0 Å². The number of halogens is 5. The second kappa shape index (κ2) is 10.4. The minimum Gasteiger partial charge on any atom is -0.382 e. The summed E-state index contributed by atoms with van der Waals surface area (Å²) in [5.41, 5.74) is 2.68. The lowest BCUT2D eigenvalue weighted by molar-refractivity contribution is -0.138. The molecule has 4 N–H and O–H groups in total. The molecule has 3 heterocycles. The van der Waals surface area contributed by atoms with E-state index in [9.17, 15) is 27.2 Å². The van der Waals surface area contributed by atoms with E-state index < -0.39 is 40.4 Å². The van der Waals surface area contributed by atoms with Crippen molar-refractivity contribution in [2.24, 2.45) is 0 Å². The Kier molecular flexibility index (Phi) is 7.40. The van der Waals surface area contributed by atoms with Gasteiger partial charge in [0.15, 0.2) is 5.82 Å². The topological polar surface area (TPSA) is 132 Å². The van der Waals surface area contributed by atoms with Crippen molar-refractivity contribution >= 4 is 33.9 Å². The number of benzene rings is 1. The highest BCUT2D eigenvalue weighted by atomic mass is 35.5. The molecule has 4 aromatic rings. The number of aromatic amines is 1. The SMILES string of the molecule is Cc1nc(-c2cc3ccn(CCCC(C)Nc4cn[nH]c(=O)c4C(F)(F)F)c(=O)c3cc2F)nc(N)c1Cl. The van der Waals surface area contributed by atoms with Crippen molar-refractivity contribution in [2.45, 2.75) is 45.5 Å². The zero-order chi connectivity index (χ0) is 27.8. The maximum atomic E-state index is 15.0. The Morgan fingerprint density at radius 3 is 2.66 bits per heavy atom. The number of fused-ring (bicyclic) bond motifs is 1. The summed E-state index contributed by atoms with van der Waals surface area (Å²) in [6, 6.07) is 3.74. The molecule has 0 spiro atoms. The fourth-order valence-electron chi connectivity index (χ4n) is 4.05. The number of anilines is 2. The van der Waals surface area contributed by atoms with Crippen molar-refractivity contribution in [2.75, 3.05) is 11.1 Å². The van der Waals surface area contributed by atoms with E-state index in [4.69, 9.17) is 17.3 Å². The highest BCUT2D eigenvalue weighted by Crippen LogP contribution is 2.32. The first kappa shape index (κ1) is 27.0. The molecule has 0 aliphatic carbocycles. The number of rotatable bonds is 7. The van der Waals surface area contributed by atoms with Crippen molar-refractivity contribution in [3.05, 3.63) is 73.4 Å². The van der Waals surface area contributed by atoms with Crippen molar-refractivity contribution in [1.29, 1.82) is 0 Å². The molecular weight excluding hydrogens is 530 g/mol. The monoisotopic (exact) mass is 551 g/mol. The fraction of sp³-hybridized carbons (Fsp3) is 0.292. The number of hydrogen-bond acceptors (Lipinski definition) is 7. The molecule has 0 aliphatic rings. The standard InChI is InChI=1S/C24H22ClF4N7O2/c1-11(32-17-10-31-35-22(37)18(17)24(27,28)29)4-3-6-36-7-5-13-8-15(16(26)9-14(13)23(36)38)21-33-12(2)19(25)20(30)34-21/h5,7-11H,3-4,6H2,1-2H3,(H2,30,33,34)(H2,32,35,37). The minimum absolute atomic E-state index is 0.0118. The summed E-state index contributed by atoms with van der Waals surface area (Å²) in [7, 11) is 0. The fourth-order valence-corrected chi connectivity index (χ4v) is 4.13. The van der Waals surface area contributed by atoms with Crippen LogP contribution in [0.3, 0.4) is 0 Å². The molecule has 9 nitrogen and oxygen atoms in total. The van der Waals surface area contributed by atoms with Crippen molar-refractivity contribution < 1.29 is 17.6 Å². The highest BCUT2D eigenvalue weighted by molar-refractivity contribution is 6.33. The van der Waals surface area contributed by atoms with Gasteiger partial charge in [0, 0.05) is 18.8 Å². The van der Waals surface area contributed by atoms with Crippen molar-refractivity contribution in [3.8, 4) is 11.4 Å². The predicted octanol–water partition coefficient (Wildman–Crippen LogP) is 4.52. The van der Waals surface area contributed by atoms with Gasteiger partial charge >= 0.3 is 6.18 Å². The van der Waals surface area contributed by atoms with Gasteiger partial charge in [0.05, 0.1) is 28.5 Å². The van der Waals surface area contributed by atoms with E-state index in [1.54, 1.807) is 31.2 Å². The molecular formula is C24H22ClF4N7O2. The molecule has 0 bridgehead atoms. The van der Waals surface area contributed by atoms with Crippen LogP contribution in [0.5, 0.6) is 0 Å². The van der Waals surface area contributed by atoms with Gasteiger partial charge in [-0.05, 0) is 50.3 Å². The summed E-state index contributed by atoms with van der Waals surface area (Å²) in [6.45, 7) is 3.50. The van der Waals surface area contributed by atoms with Crippen molar-refractivity contribution in [3.63, 3.8) is 0 Å². The Balaban J connectivity index is 1.50. The lowest BCUT2D eigenvalue weighted by atomic mass is 10.1. The largest absolute Gasteiger partial charge is 0.423 e. The minimum atomic E-state index is -4.85. The summed E-state index contributed by atoms with van der Waals surface area (Å²) in [6.07, 6.45) is -1.61. The van der Waals surface area contributed by atoms with Gasteiger partial charge in [-0.25, -0.2) is 19.5 Å². The van der Waals surface area contributed by atoms with E-state index in [-0.39, 0.29) is 34.2 Å². The molecule has 4 rings (SSSR count). The smallest absolute Gasteiger partial charge is 0.382 e. The van der Waals surface area contributed by atoms with Crippen LogP contribution in [0.25, 0.3) is 22.2 Å². The third-order valence-corrected chi connectivity index (χ3v) is 6.39. The van der Waals surface area contributed by atoms with Gasteiger partial charge in [0.2, 0.25) is 0 Å². The number of nitrogen functional groups attached to an aromatic ring is 1. The van der Waals surface area contributed by atoms with Crippen LogP contribution in [-0.2, 0) is 12.7 Å². The number of nitrogens with one attached hydrogen (secondary N) is 2. The highest BCUT2D eigenvalue weighted by Gasteiger charge is 2.37. The first-order chi connectivity index (χ1) is 17.9. The van der Waals surface area contributed by atoms with Gasteiger partial charge in [-0.2, -0.15) is 18.3 Å². The van der Waals surface area contributed by atoms with Gasteiger partial charge in [0.25, 0.3) is 11.1 Å². The summed E-state index contributed by atoms with van der Waals surface area (Å²) in [4.78, 5) is 32.8. The van der Waals surface area contributed by atoms with E-state index in [0.29, 0.717) is 23.9 Å². The van der Waals surface area contributed by atoms with Crippen LogP contribution in [0.2, 0.25) is 5.02 Å². The van der Waals surface area contributed by atoms with Gasteiger partial charge < -0.3 is 15.6 Å². The molecule has 0 amide bonds. The molecule has 0 fully saturated rings. The van der Waals surface area contributed by atoms with Crippen LogP contribution in [0.4, 0.5) is 29.1 Å². The summed E-state index contributed by atoms with van der Waals surface area (Å²) >= 11 is 5.99. The van der Waals surface area contributed by atoms with E-state index in [1.165, 1.54) is 10.6 Å². The molecule has 0 aliphatic heterocycles. The number of pyridine rings is 1. The van der Waals surface area contributed by atoms with E-state index in [0.717, 1.165) is 12.3 Å². The maximum absolute atomic E-state index is 15.0. The molecule has 200 valence electrons. The van der Waals surface area contributed by atoms with Gasteiger partial charge in [-0.15, -0.1) is 0 Å². The lowest BCUT2D eigenvalue weighted by Gasteiger charge is -2.18. The number of nitrogens with zero attached hydrogens (tertiary/aromatic N) is 4. The van der Waals surface area contributed by atoms with Crippen LogP contribution in [0.15, 0.2) is 40.2 Å². The average Bonchev–Trinajstić information content (AvgIpc) is 2.83. The Morgan fingerprint density at radius 2 is 1.97 bits per heavy atom. The molecule has 0 saturated heterocycles. The normalized spacial score (nSPS) is 12.6. The Morgan fingerprint density at radius 1 is 1.24 bits per heavy atom. The number of H-pyrrole nitrogens is 1. The van der Waals surface area contributed by atoms with Crippen molar-refractivity contribution in [1.82, 2.24) is 24.7 Å². The van der Waals surface area contributed by atoms with Gasteiger partial charge in [0.1, 0.15) is 22.2 Å². The lowest BCUT2D eigenvalue weighted by Crippen LogP contribution is -2.27. The second-order valence-corrected chi connectivity index (χ2v) is 9.12. The Bertz CT molecular complexity index is 1610. The van der Waals surface area contributed by atoms with E-state index in [2.05, 4.69) is 20.4 Å². The summed E-state index contributed by atoms with van der Waals surface area (Å²) < 4.78 is 56.1. The Hall–Kier alpha value is -4.00. The number of aryl methyl sites for hydroxylation is 2. The number of nitrogens with two attached hydrogens (primary N) is 1. The maximum Gasteiger partial charge on any atom is 0.423 e. The number of hydrogen-bond donors (Lipinski definition) is 3. The quantitative estimate of drug-likeness (QED) is 0.288. The number of alkyl halides is 3. The van der Waals surface area contributed by atoms with Crippen LogP contribution >= 0.6 is 11.6 Å². The molecule has 14 heteroatoms. The van der Waals surface area contributed by atoms with Crippen LogP contribution in [0.1, 0.15) is 31.0 Å². The Labute approximate surface area is 217 Å². The van der Waals surface area contributed by atoms with Gasteiger partial charge in [-0.3, -0.25) is 9.59 Å². The summed E-state index contributed by atoms with van der Waals surface area (Å²) in [5, 5.41) is 8.66. The molecule has 1 aromatic carbocycles. The second-order valence-electron chi connectivity index (χ2n) is 8.74. The van der Waals surface area contributed by atoms with E-state index in [1.807, 2.05) is 0 Å². The van der Waals surface area contributed by atoms with Gasteiger partial charge in [-0.1, -0.05) is 11.6 Å². The zero-order valence-electron chi connectivity index (χ0n) is 20.2. The first-order valence-corrected chi connectivity index (χ1v) is 11.8. The molecule has 0 radical (unpaired) electrons.